The van der Waals surface area contributed by atoms with Crippen LogP contribution in [-0.4, -0.2) is 18.9 Å². The molecule has 0 amide bonds. The van der Waals surface area contributed by atoms with Crippen molar-refractivity contribution >= 4 is 0 Å². The monoisotopic (exact) mass is 184 g/mol. The van der Waals surface area contributed by atoms with Gasteiger partial charge in [-0.2, -0.15) is 0 Å². The Labute approximate surface area is 77.0 Å². The average Bonchev–Trinajstić information content (AvgIpc) is 2.16. The Hall–Kier alpha value is -1.09. The van der Waals surface area contributed by atoms with Crippen molar-refractivity contribution in [3.63, 3.8) is 0 Å². The van der Waals surface area contributed by atoms with E-state index in [1.807, 2.05) is 13.0 Å². The summed E-state index contributed by atoms with van der Waals surface area (Å²) in [6.07, 6.45) is -1.09. The molecule has 72 valence electrons. The van der Waals surface area contributed by atoms with Gasteiger partial charge in [0.15, 0.2) is 0 Å². The molecule has 0 radical (unpaired) electrons. The molecular weight excluding hydrogens is 171 g/mol. The van der Waals surface area contributed by atoms with Gasteiger partial charge in [0.2, 0.25) is 0 Å². The minimum atomic E-state index is -1.09. The minimum absolute atomic E-state index is 0.505. The third-order valence-electron chi connectivity index (χ3n) is 1.89. The summed E-state index contributed by atoms with van der Waals surface area (Å²) in [6, 6.07) is 5.31. The topological polar surface area (TPSA) is 29.5 Å². The maximum Gasteiger partial charge on any atom is 0.124 e. The van der Waals surface area contributed by atoms with Crippen LogP contribution in [0.2, 0.25) is 0 Å². The molecule has 0 spiro atoms. The fourth-order valence-corrected chi connectivity index (χ4v) is 1.20. The molecule has 1 N–H and O–H groups in total. The number of ether oxygens (including phenoxy) is 1. The summed E-state index contributed by atoms with van der Waals surface area (Å²) in [4.78, 5) is 0. The van der Waals surface area contributed by atoms with Gasteiger partial charge in [0.1, 0.15) is 18.5 Å². The molecule has 0 saturated carbocycles. The maximum atomic E-state index is 12.2. The molecular formula is C10H13FO2. The molecule has 1 aromatic rings. The van der Waals surface area contributed by atoms with Crippen molar-refractivity contribution < 1.29 is 14.2 Å². The van der Waals surface area contributed by atoms with Crippen LogP contribution in [-0.2, 0) is 0 Å². The number of halogens is 1. The first-order chi connectivity index (χ1) is 6.19. The van der Waals surface area contributed by atoms with E-state index >= 15 is 0 Å². The van der Waals surface area contributed by atoms with Crippen molar-refractivity contribution in [3.8, 4) is 5.75 Å². The van der Waals surface area contributed by atoms with E-state index in [1.165, 1.54) is 7.11 Å². The Kier molecular flexibility index (Phi) is 3.25. The highest BCUT2D eigenvalue weighted by molar-refractivity contribution is 5.38. The Bertz CT molecular complexity index is 286. The molecule has 0 aliphatic rings. The Morgan fingerprint density at radius 2 is 2.23 bits per heavy atom. The highest BCUT2D eigenvalue weighted by atomic mass is 19.1. The van der Waals surface area contributed by atoms with Crippen LogP contribution in [0.15, 0.2) is 18.2 Å². The number of benzene rings is 1. The third-order valence-corrected chi connectivity index (χ3v) is 1.89. The van der Waals surface area contributed by atoms with Crippen LogP contribution in [0.25, 0.3) is 0 Å². The Morgan fingerprint density at radius 1 is 1.54 bits per heavy atom. The van der Waals surface area contributed by atoms with Gasteiger partial charge in [-0.05, 0) is 19.1 Å². The van der Waals surface area contributed by atoms with Crippen LogP contribution in [0.1, 0.15) is 17.2 Å². The number of aliphatic hydroxyl groups excluding tert-OH is 1. The molecule has 0 heterocycles. The van der Waals surface area contributed by atoms with Gasteiger partial charge in [-0.25, -0.2) is 4.39 Å². The summed E-state index contributed by atoms with van der Waals surface area (Å²) in [5, 5.41) is 9.31. The van der Waals surface area contributed by atoms with Crippen LogP contribution >= 0.6 is 0 Å². The molecule has 1 unspecified atom stereocenters. The van der Waals surface area contributed by atoms with Gasteiger partial charge >= 0.3 is 0 Å². The molecule has 0 aromatic heterocycles. The van der Waals surface area contributed by atoms with Crippen molar-refractivity contribution in [2.45, 2.75) is 13.0 Å². The number of aryl methyl sites for hydroxylation is 1. The normalized spacial score (nSPS) is 12.6. The van der Waals surface area contributed by atoms with Crippen molar-refractivity contribution in [1.29, 1.82) is 0 Å². The van der Waals surface area contributed by atoms with E-state index in [1.54, 1.807) is 12.1 Å². The first-order valence-corrected chi connectivity index (χ1v) is 4.07. The molecule has 1 atom stereocenters. The van der Waals surface area contributed by atoms with Gasteiger partial charge in [-0.1, -0.05) is 11.6 Å². The number of hydrogen-bond donors (Lipinski definition) is 1. The van der Waals surface area contributed by atoms with Crippen LogP contribution in [0.3, 0.4) is 0 Å². The lowest BCUT2D eigenvalue weighted by molar-refractivity contribution is 0.138. The summed E-state index contributed by atoms with van der Waals surface area (Å²) in [7, 11) is 1.50. The lowest BCUT2D eigenvalue weighted by Gasteiger charge is -2.12. The molecule has 0 bridgehead atoms. The van der Waals surface area contributed by atoms with Crippen LogP contribution in [0.5, 0.6) is 5.75 Å². The average molecular weight is 184 g/mol. The van der Waals surface area contributed by atoms with E-state index < -0.39 is 12.8 Å². The van der Waals surface area contributed by atoms with Gasteiger partial charge < -0.3 is 9.84 Å². The predicted octanol–water partition coefficient (Wildman–Crippen LogP) is 2.01. The fourth-order valence-electron chi connectivity index (χ4n) is 1.20. The van der Waals surface area contributed by atoms with Crippen molar-refractivity contribution in [3.05, 3.63) is 29.3 Å². The number of aliphatic hydroxyl groups is 1. The lowest BCUT2D eigenvalue weighted by atomic mass is 10.1. The Morgan fingerprint density at radius 3 is 2.77 bits per heavy atom. The van der Waals surface area contributed by atoms with E-state index in [0.717, 1.165) is 5.56 Å². The molecule has 0 aliphatic heterocycles. The van der Waals surface area contributed by atoms with E-state index in [-0.39, 0.29) is 0 Å². The second-order valence-corrected chi connectivity index (χ2v) is 2.92. The van der Waals surface area contributed by atoms with E-state index in [2.05, 4.69) is 0 Å². The standard InChI is InChI=1S/C10H13FO2/c1-7-3-4-10(13-2)8(5-7)9(12)6-11/h3-5,9,12H,6H2,1-2H3. The van der Waals surface area contributed by atoms with Crippen LogP contribution in [0.4, 0.5) is 4.39 Å². The Balaban J connectivity index is 3.07. The number of rotatable bonds is 3. The first kappa shape index (κ1) is 9.99. The quantitative estimate of drug-likeness (QED) is 0.778. The van der Waals surface area contributed by atoms with E-state index in [0.29, 0.717) is 11.3 Å². The zero-order chi connectivity index (χ0) is 9.84. The summed E-state index contributed by atoms with van der Waals surface area (Å²) < 4.78 is 17.2. The van der Waals surface area contributed by atoms with Crippen molar-refractivity contribution in [2.75, 3.05) is 13.8 Å². The maximum absolute atomic E-state index is 12.2. The number of methoxy groups -OCH3 is 1. The van der Waals surface area contributed by atoms with Gasteiger partial charge in [0.05, 0.1) is 7.11 Å². The second kappa shape index (κ2) is 4.23. The van der Waals surface area contributed by atoms with E-state index in [4.69, 9.17) is 4.74 Å². The minimum Gasteiger partial charge on any atom is -0.496 e. The van der Waals surface area contributed by atoms with Gasteiger partial charge in [-0.3, -0.25) is 0 Å². The molecule has 0 aliphatic carbocycles. The van der Waals surface area contributed by atoms with Gasteiger partial charge in [0, 0.05) is 5.56 Å². The molecule has 13 heavy (non-hydrogen) atoms. The smallest absolute Gasteiger partial charge is 0.124 e. The largest absolute Gasteiger partial charge is 0.496 e. The summed E-state index contributed by atoms with van der Waals surface area (Å²) in [5.74, 6) is 0.524. The summed E-state index contributed by atoms with van der Waals surface area (Å²) in [6.45, 7) is 1.09. The predicted molar refractivity (Wildman–Crippen MR) is 48.7 cm³/mol. The second-order valence-electron chi connectivity index (χ2n) is 2.92. The molecule has 0 fully saturated rings. The summed E-state index contributed by atoms with van der Waals surface area (Å²) in [5.41, 5.74) is 1.48. The van der Waals surface area contributed by atoms with Crippen LogP contribution < -0.4 is 4.74 Å². The third kappa shape index (κ3) is 2.18. The van der Waals surface area contributed by atoms with Crippen molar-refractivity contribution in [2.24, 2.45) is 0 Å². The van der Waals surface area contributed by atoms with Gasteiger partial charge in [0.25, 0.3) is 0 Å². The zero-order valence-corrected chi connectivity index (χ0v) is 7.75. The lowest BCUT2D eigenvalue weighted by Crippen LogP contribution is -2.02. The molecule has 3 heteroatoms. The van der Waals surface area contributed by atoms with E-state index in [9.17, 15) is 9.50 Å². The highest BCUT2D eigenvalue weighted by Gasteiger charge is 2.12. The summed E-state index contributed by atoms with van der Waals surface area (Å²) >= 11 is 0. The first-order valence-electron chi connectivity index (χ1n) is 4.07. The van der Waals surface area contributed by atoms with Crippen LogP contribution in [0, 0.1) is 6.92 Å². The van der Waals surface area contributed by atoms with Gasteiger partial charge in [-0.15, -0.1) is 0 Å². The molecule has 1 aromatic carbocycles. The van der Waals surface area contributed by atoms with Crippen molar-refractivity contribution in [1.82, 2.24) is 0 Å². The highest BCUT2D eigenvalue weighted by Crippen LogP contribution is 2.26. The zero-order valence-electron chi connectivity index (χ0n) is 7.75. The number of alkyl halides is 1. The fraction of sp³-hybridized carbons (Fsp3) is 0.400. The molecule has 0 saturated heterocycles. The molecule has 1 rings (SSSR count). The number of hydrogen-bond acceptors (Lipinski definition) is 2. The SMILES string of the molecule is COc1ccc(C)cc1C(O)CF. The molecule has 2 nitrogen and oxygen atoms in total.